The number of carbonyl (C=O) groups is 3. The average molecular weight is 396 g/mol. The summed E-state index contributed by atoms with van der Waals surface area (Å²) in [6, 6.07) is 13.3. The fourth-order valence-electron chi connectivity index (χ4n) is 3.39. The van der Waals surface area contributed by atoms with E-state index < -0.39 is 5.97 Å². The molecule has 152 valence electrons. The molecule has 1 saturated heterocycles. The molecule has 7 nitrogen and oxygen atoms in total. The summed E-state index contributed by atoms with van der Waals surface area (Å²) in [5.41, 5.74) is 1.70. The Hall–Kier alpha value is -3.35. The van der Waals surface area contributed by atoms with Crippen molar-refractivity contribution in [2.75, 3.05) is 20.2 Å². The summed E-state index contributed by atoms with van der Waals surface area (Å²) in [6.07, 6.45) is 1.26. The van der Waals surface area contributed by atoms with Gasteiger partial charge in [-0.3, -0.25) is 4.79 Å². The monoisotopic (exact) mass is 396 g/mol. The third-order valence-corrected chi connectivity index (χ3v) is 5.17. The van der Waals surface area contributed by atoms with Crippen LogP contribution in [-0.2, 0) is 6.54 Å². The minimum Gasteiger partial charge on any atom is -0.497 e. The molecule has 0 unspecified atom stereocenters. The van der Waals surface area contributed by atoms with Crippen LogP contribution in [0.25, 0.3) is 0 Å². The van der Waals surface area contributed by atoms with E-state index in [1.165, 1.54) is 12.1 Å². The molecule has 0 saturated carbocycles. The summed E-state index contributed by atoms with van der Waals surface area (Å²) in [5, 5.41) is 11.8. The van der Waals surface area contributed by atoms with Crippen LogP contribution in [0.1, 0.15) is 39.1 Å². The number of ether oxygens (including phenoxy) is 1. The number of aromatic carboxylic acids is 1. The van der Waals surface area contributed by atoms with Gasteiger partial charge in [0.1, 0.15) is 5.75 Å². The molecular formula is C22H24N2O5. The van der Waals surface area contributed by atoms with Gasteiger partial charge < -0.3 is 20.1 Å². The number of urea groups is 1. The molecule has 0 aliphatic carbocycles. The first-order chi connectivity index (χ1) is 14.0. The lowest BCUT2D eigenvalue weighted by Crippen LogP contribution is -2.45. The summed E-state index contributed by atoms with van der Waals surface area (Å²) in [7, 11) is 1.59. The van der Waals surface area contributed by atoms with E-state index in [1.54, 1.807) is 48.4 Å². The Balaban J connectivity index is 1.47. The Kier molecular flexibility index (Phi) is 6.49. The normalized spacial score (nSPS) is 14.3. The molecule has 7 heteroatoms. The summed E-state index contributed by atoms with van der Waals surface area (Å²) in [5.74, 6) is -0.250. The van der Waals surface area contributed by atoms with Crippen LogP contribution in [0.15, 0.2) is 48.5 Å². The van der Waals surface area contributed by atoms with Gasteiger partial charge in [0, 0.05) is 31.1 Å². The molecule has 2 aromatic carbocycles. The lowest BCUT2D eigenvalue weighted by molar-refractivity contribution is 0.0696. The topological polar surface area (TPSA) is 95.9 Å². The lowest BCUT2D eigenvalue weighted by atomic mass is 9.89. The Morgan fingerprint density at radius 1 is 1.00 bits per heavy atom. The smallest absolute Gasteiger partial charge is 0.335 e. The molecule has 1 heterocycles. The number of nitrogens with one attached hydrogen (secondary N) is 1. The van der Waals surface area contributed by atoms with Crippen molar-refractivity contribution in [1.82, 2.24) is 10.2 Å². The molecule has 2 aromatic rings. The molecule has 0 aromatic heterocycles. The molecular weight excluding hydrogens is 372 g/mol. The first-order valence-electron chi connectivity index (χ1n) is 9.51. The summed E-state index contributed by atoms with van der Waals surface area (Å²) >= 11 is 0. The second kappa shape index (κ2) is 9.23. The fourth-order valence-corrected chi connectivity index (χ4v) is 3.39. The molecule has 29 heavy (non-hydrogen) atoms. The highest BCUT2D eigenvalue weighted by molar-refractivity contribution is 5.98. The molecule has 0 spiro atoms. The highest BCUT2D eigenvalue weighted by atomic mass is 16.5. The first kappa shape index (κ1) is 20.4. The van der Waals surface area contributed by atoms with E-state index in [4.69, 9.17) is 9.84 Å². The van der Waals surface area contributed by atoms with Gasteiger partial charge in [0.15, 0.2) is 5.78 Å². The number of benzene rings is 2. The zero-order chi connectivity index (χ0) is 20.8. The number of likely N-dealkylation sites (tertiary alicyclic amines) is 1. The number of hydrogen-bond donors (Lipinski definition) is 2. The first-order valence-corrected chi connectivity index (χ1v) is 9.51. The van der Waals surface area contributed by atoms with Crippen molar-refractivity contribution >= 4 is 17.8 Å². The van der Waals surface area contributed by atoms with Crippen LogP contribution >= 0.6 is 0 Å². The lowest BCUT2D eigenvalue weighted by Gasteiger charge is -2.31. The Morgan fingerprint density at radius 3 is 2.14 bits per heavy atom. The largest absolute Gasteiger partial charge is 0.497 e. The van der Waals surface area contributed by atoms with Crippen molar-refractivity contribution in [2.24, 2.45) is 5.92 Å². The number of nitrogens with zero attached hydrogens (tertiary/aromatic N) is 1. The van der Waals surface area contributed by atoms with Gasteiger partial charge in [-0.25, -0.2) is 9.59 Å². The van der Waals surface area contributed by atoms with Gasteiger partial charge in [0.05, 0.1) is 12.7 Å². The Bertz CT molecular complexity index is 869. The van der Waals surface area contributed by atoms with Crippen LogP contribution in [0.2, 0.25) is 0 Å². The predicted molar refractivity (Wildman–Crippen MR) is 107 cm³/mol. The van der Waals surface area contributed by atoms with Crippen molar-refractivity contribution in [3.8, 4) is 5.75 Å². The molecule has 0 bridgehead atoms. The van der Waals surface area contributed by atoms with Gasteiger partial charge in [-0.2, -0.15) is 0 Å². The van der Waals surface area contributed by atoms with E-state index in [-0.39, 0.29) is 23.3 Å². The van der Waals surface area contributed by atoms with E-state index in [0.29, 0.717) is 43.8 Å². The van der Waals surface area contributed by atoms with Gasteiger partial charge in [-0.15, -0.1) is 0 Å². The molecule has 2 N–H and O–H groups in total. The Morgan fingerprint density at radius 2 is 1.59 bits per heavy atom. The second-order valence-electron chi connectivity index (χ2n) is 7.01. The van der Waals surface area contributed by atoms with Crippen molar-refractivity contribution in [3.63, 3.8) is 0 Å². The number of ketones is 1. The average Bonchev–Trinajstić information content (AvgIpc) is 2.77. The zero-order valence-corrected chi connectivity index (χ0v) is 16.3. The summed E-state index contributed by atoms with van der Waals surface area (Å²) in [4.78, 5) is 37.6. The highest BCUT2D eigenvalue weighted by Crippen LogP contribution is 2.23. The number of carboxylic acids is 1. The van der Waals surface area contributed by atoms with Crippen molar-refractivity contribution in [3.05, 3.63) is 65.2 Å². The minimum absolute atomic E-state index is 0.0870. The molecule has 2 amide bonds. The summed E-state index contributed by atoms with van der Waals surface area (Å²) in [6.45, 7) is 1.37. The standard InChI is InChI=1S/C22H24N2O5/c1-29-19-8-6-16(7-9-19)20(25)17-10-12-24(13-11-17)22(28)23-14-15-2-4-18(5-3-15)21(26)27/h2-9,17H,10-14H2,1H3,(H,23,28)(H,26,27). The highest BCUT2D eigenvalue weighted by Gasteiger charge is 2.27. The van der Waals surface area contributed by atoms with E-state index in [1.807, 2.05) is 0 Å². The van der Waals surface area contributed by atoms with Gasteiger partial charge in [-0.05, 0) is 54.8 Å². The quantitative estimate of drug-likeness (QED) is 0.731. The van der Waals surface area contributed by atoms with Crippen LogP contribution in [0.5, 0.6) is 5.75 Å². The van der Waals surface area contributed by atoms with Crippen LogP contribution in [0.3, 0.4) is 0 Å². The maximum atomic E-state index is 12.7. The van der Waals surface area contributed by atoms with Crippen LogP contribution in [0.4, 0.5) is 4.79 Å². The van der Waals surface area contributed by atoms with Crippen molar-refractivity contribution in [2.45, 2.75) is 19.4 Å². The Labute approximate surface area is 169 Å². The third-order valence-electron chi connectivity index (χ3n) is 5.17. The van der Waals surface area contributed by atoms with Crippen LogP contribution < -0.4 is 10.1 Å². The van der Waals surface area contributed by atoms with E-state index in [0.717, 1.165) is 5.56 Å². The number of carboxylic acid groups (broad SMARTS) is 1. The van der Waals surface area contributed by atoms with Gasteiger partial charge in [0.25, 0.3) is 0 Å². The molecule has 1 aliphatic rings. The molecule has 3 rings (SSSR count). The van der Waals surface area contributed by atoms with E-state index in [9.17, 15) is 14.4 Å². The van der Waals surface area contributed by atoms with Crippen LogP contribution in [-0.4, -0.2) is 48.0 Å². The van der Waals surface area contributed by atoms with Crippen LogP contribution in [0, 0.1) is 5.92 Å². The number of rotatable bonds is 6. The number of methoxy groups -OCH3 is 1. The SMILES string of the molecule is COc1ccc(C(=O)C2CCN(C(=O)NCc3ccc(C(=O)O)cc3)CC2)cc1. The number of carbonyl (C=O) groups excluding carboxylic acids is 2. The molecule has 0 atom stereocenters. The minimum atomic E-state index is -0.979. The molecule has 0 radical (unpaired) electrons. The zero-order valence-electron chi connectivity index (χ0n) is 16.3. The number of piperidine rings is 1. The summed E-state index contributed by atoms with van der Waals surface area (Å²) < 4.78 is 5.12. The maximum absolute atomic E-state index is 12.7. The van der Waals surface area contributed by atoms with E-state index in [2.05, 4.69) is 5.32 Å². The van der Waals surface area contributed by atoms with Crippen molar-refractivity contribution in [1.29, 1.82) is 0 Å². The number of Topliss-reactive ketones (excluding diaryl/α,β-unsaturated/α-hetero) is 1. The third kappa shape index (κ3) is 5.13. The fraction of sp³-hybridized carbons (Fsp3) is 0.318. The van der Waals surface area contributed by atoms with Gasteiger partial charge >= 0.3 is 12.0 Å². The number of hydrogen-bond acceptors (Lipinski definition) is 4. The number of amides is 2. The van der Waals surface area contributed by atoms with E-state index >= 15 is 0 Å². The maximum Gasteiger partial charge on any atom is 0.335 e. The molecule has 1 fully saturated rings. The van der Waals surface area contributed by atoms with Crippen molar-refractivity contribution < 1.29 is 24.2 Å². The predicted octanol–water partition coefficient (Wildman–Crippen LogP) is 3.20. The van der Waals surface area contributed by atoms with Gasteiger partial charge in [0.2, 0.25) is 0 Å². The second-order valence-corrected chi connectivity index (χ2v) is 7.01. The van der Waals surface area contributed by atoms with Gasteiger partial charge in [-0.1, -0.05) is 12.1 Å². The molecule has 1 aliphatic heterocycles.